The van der Waals surface area contributed by atoms with E-state index in [9.17, 15) is 4.79 Å². The van der Waals surface area contributed by atoms with Gasteiger partial charge in [-0.3, -0.25) is 9.88 Å². The molecule has 0 bridgehead atoms. The molecule has 1 aromatic carbocycles. The van der Waals surface area contributed by atoms with Gasteiger partial charge in [-0.25, -0.2) is 13.9 Å². The van der Waals surface area contributed by atoms with Gasteiger partial charge >= 0.3 is 6.09 Å². The highest BCUT2D eigenvalue weighted by molar-refractivity contribution is 6.30. The third kappa shape index (κ3) is 5.60. The summed E-state index contributed by atoms with van der Waals surface area (Å²) >= 11 is 6.61. The SMILES string of the molecule is COC(C1=Cc2cccnc2[C@@H](N2CCN(C(=O)OC(C)(C)C)CC2)c2ccc(Cl)cc21)c1c[n+](C)cn1C. The molecule has 1 aliphatic carbocycles. The minimum absolute atomic E-state index is 0.106. The topological polar surface area (TPSA) is 63.7 Å². The van der Waals surface area contributed by atoms with Crippen molar-refractivity contribution in [1.82, 2.24) is 19.4 Å². The van der Waals surface area contributed by atoms with E-state index in [1.165, 1.54) is 0 Å². The molecular weight excluding hydrogens is 514 g/mol. The number of amides is 1. The lowest BCUT2D eigenvalue weighted by Gasteiger charge is -2.40. The molecule has 0 spiro atoms. The second-order valence-corrected chi connectivity index (χ2v) is 11.7. The van der Waals surface area contributed by atoms with Crippen molar-refractivity contribution >= 4 is 29.3 Å². The maximum Gasteiger partial charge on any atom is 0.410 e. The van der Waals surface area contributed by atoms with Crippen molar-refractivity contribution in [3.05, 3.63) is 82.2 Å². The zero-order valence-corrected chi connectivity index (χ0v) is 24.3. The van der Waals surface area contributed by atoms with Crippen molar-refractivity contribution in [1.29, 1.82) is 0 Å². The highest BCUT2D eigenvalue weighted by Crippen LogP contribution is 2.45. The van der Waals surface area contributed by atoms with Crippen LogP contribution >= 0.6 is 11.6 Å². The van der Waals surface area contributed by atoms with Gasteiger partial charge in [0.05, 0.1) is 25.8 Å². The van der Waals surface area contributed by atoms with Crippen LogP contribution in [0.1, 0.15) is 61.0 Å². The van der Waals surface area contributed by atoms with Crippen LogP contribution in [-0.4, -0.2) is 64.3 Å². The fourth-order valence-corrected chi connectivity index (χ4v) is 5.77. The predicted molar refractivity (Wildman–Crippen MR) is 151 cm³/mol. The molecule has 0 N–H and O–H groups in total. The average molecular weight is 551 g/mol. The molecule has 206 valence electrons. The largest absolute Gasteiger partial charge is 0.444 e. The average Bonchev–Trinajstić information content (AvgIpc) is 3.14. The van der Waals surface area contributed by atoms with Crippen LogP contribution in [0.5, 0.6) is 0 Å². The second-order valence-electron chi connectivity index (χ2n) is 11.3. The van der Waals surface area contributed by atoms with Crippen molar-refractivity contribution in [2.24, 2.45) is 14.1 Å². The Morgan fingerprint density at radius 2 is 1.92 bits per heavy atom. The molecule has 8 nitrogen and oxygen atoms in total. The highest BCUT2D eigenvalue weighted by atomic mass is 35.5. The minimum atomic E-state index is -0.522. The zero-order chi connectivity index (χ0) is 27.9. The maximum absolute atomic E-state index is 12.7. The lowest BCUT2D eigenvalue weighted by atomic mass is 9.91. The van der Waals surface area contributed by atoms with E-state index in [1.807, 2.05) is 70.2 Å². The van der Waals surface area contributed by atoms with Gasteiger partial charge in [0, 0.05) is 44.5 Å². The number of hydrogen-bond acceptors (Lipinski definition) is 5. The molecule has 2 aliphatic rings. The van der Waals surface area contributed by atoms with Gasteiger partial charge in [0.15, 0.2) is 5.69 Å². The summed E-state index contributed by atoms with van der Waals surface area (Å²) in [5, 5.41) is 0.666. The summed E-state index contributed by atoms with van der Waals surface area (Å²) in [6.45, 7) is 8.23. The maximum atomic E-state index is 12.7. The van der Waals surface area contributed by atoms with Crippen molar-refractivity contribution in [2.75, 3.05) is 33.3 Å². The van der Waals surface area contributed by atoms with Crippen LogP contribution in [0.4, 0.5) is 4.79 Å². The number of ether oxygens (including phenoxy) is 2. The summed E-state index contributed by atoms with van der Waals surface area (Å²) < 4.78 is 15.9. The van der Waals surface area contributed by atoms with Gasteiger partial charge in [-0.1, -0.05) is 23.7 Å². The number of fused-ring (bicyclic) bond motifs is 2. The number of imidazole rings is 1. The number of carbonyl (C=O) groups excluding carboxylic acids is 1. The van der Waals surface area contributed by atoms with Crippen LogP contribution < -0.4 is 4.57 Å². The molecule has 1 fully saturated rings. The number of carbonyl (C=O) groups is 1. The van der Waals surface area contributed by atoms with Gasteiger partial charge in [0.2, 0.25) is 6.33 Å². The third-order valence-electron chi connectivity index (χ3n) is 7.28. The van der Waals surface area contributed by atoms with E-state index >= 15 is 0 Å². The molecule has 1 saturated heterocycles. The second kappa shape index (κ2) is 10.8. The summed E-state index contributed by atoms with van der Waals surface area (Å²) in [5.41, 5.74) is 5.72. The van der Waals surface area contributed by atoms with E-state index in [4.69, 9.17) is 26.1 Å². The molecule has 0 saturated carbocycles. The number of piperazine rings is 1. The summed E-state index contributed by atoms with van der Waals surface area (Å²) in [4.78, 5) is 21.8. The Morgan fingerprint density at radius 1 is 1.18 bits per heavy atom. The van der Waals surface area contributed by atoms with Crippen molar-refractivity contribution < 1.29 is 18.8 Å². The Morgan fingerprint density at radius 3 is 2.56 bits per heavy atom. The Balaban J connectivity index is 1.56. The van der Waals surface area contributed by atoms with E-state index in [2.05, 4.69) is 33.9 Å². The van der Waals surface area contributed by atoms with E-state index in [0.29, 0.717) is 31.2 Å². The standard InChI is InChI=1S/C30H37ClN5O3/c1-30(2,3)39-29(37)36-14-12-35(13-15-36)27-22-10-9-21(31)17-23(22)24(16-20-8-7-11-32-26(20)27)28(38-6)25-18-33(4)19-34(25)5/h7-11,16-19,27-28H,12-15H2,1-6H3/q+1/t27-,28?/m0/s1. The molecule has 0 radical (unpaired) electrons. The molecule has 9 heteroatoms. The number of rotatable bonds is 4. The smallest absolute Gasteiger partial charge is 0.410 e. The number of hydrogen-bond donors (Lipinski definition) is 0. The van der Waals surface area contributed by atoms with E-state index in [-0.39, 0.29) is 18.2 Å². The first kappa shape index (κ1) is 27.4. The third-order valence-corrected chi connectivity index (χ3v) is 7.51. The molecule has 1 unspecified atom stereocenters. The van der Waals surface area contributed by atoms with Crippen LogP contribution in [0.3, 0.4) is 0 Å². The molecule has 2 aromatic heterocycles. The van der Waals surface area contributed by atoms with Crippen LogP contribution in [0, 0.1) is 0 Å². The van der Waals surface area contributed by atoms with E-state index in [0.717, 1.165) is 33.7 Å². The number of pyridine rings is 1. The zero-order valence-electron chi connectivity index (χ0n) is 23.5. The summed E-state index contributed by atoms with van der Waals surface area (Å²) in [6.07, 6.45) is 7.57. The minimum Gasteiger partial charge on any atom is -0.444 e. The monoisotopic (exact) mass is 550 g/mol. The molecule has 39 heavy (non-hydrogen) atoms. The summed E-state index contributed by atoms with van der Waals surface area (Å²) in [6, 6.07) is 10.1. The Bertz CT molecular complexity index is 1400. The predicted octanol–water partition coefficient (Wildman–Crippen LogP) is 4.78. The number of halogens is 1. The fourth-order valence-electron chi connectivity index (χ4n) is 5.60. The Hall–Kier alpha value is -3.20. The molecule has 3 aromatic rings. The molecule has 1 aliphatic heterocycles. The summed E-state index contributed by atoms with van der Waals surface area (Å²) in [7, 11) is 5.78. The molecular formula is C30H37ClN5O3+. The number of aryl methyl sites for hydroxylation is 2. The van der Waals surface area contributed by atoms with Gasteiger partial charge in [-0.15, -0.1) is 0 Å². The molecule has 5 rings (SSSR count). The Labute approximate surface area is 235 Å². The van der Waals surface area contributed by atoms with Gasteiger partial charge < -0.3 is 14.4 Å². The number of nitrogens with zero attached hydrogens (tertiary/aromatic N) is 5. The molecule has 3 heterocycles. The first-order valence-corrected chi connectivity index (χ1v) is 13.7. The first-order chi connectivity index (χ1) is 18.6. The summed E-state index contributed by atoms with van der Waals surface area (Å²) in [5.74, 6) is 0. The van der Waals surface area contributed by atoms with Gasteiger partial charge in [0.25, 0.3) is 0 Å². The number of benzene rings is 1. The van der Waals surface area contributed by atoms with E-state index in [1.54, 1.807) is 12.0 Å². The van der Waals surface area contributed by atoms with Gasteiger partial charge in [0.1, 0.15) is 17.9 Å². The fraction of sp³-hybridized carbons (Fsp3) is 0.433. The number of aromatic nitrogens is 3. The van der Waals surface area contributed by atoms with Crippen LogP contribution in [0.15, 0.2) is 49.1 Å². The van der Waals surface area contributed by atoms with Crippen molar-refractivity contribution in [2.45, 2.75) is 38.5 Å². The number of methoxy groups -OCH3 is 1. The van der Waals surface area contributed by atoms with Crippen molar-refractivity contribution in [3.8, 4) is 0 Å². The Kier molecular flexibility index (Phi) is 7.55. The van der Waals surface area contributed by atoms with Gasteiger partial charge in [-0.2, -0.15) is 0 Å². The lowest BCUT2D eigenvalue weighted by Crippen LogP contribution is -2.51. The van der Waals surface area contributed by atoms with Crippen LogP contribution in [0.25, 0.3) is 11.6 Å². The molecule has 2 atom stereocenters. The van der Waals surface area contributed by atoms with E-state index < -0.39 is 5.60 Å². The molecule has 1 amide bonds. The van der Waals surface area contributed by atoms with Crippen molar-refractivity contribution in [3.63, 3.8) is 0 Å². The normalized spacial score (nSPS) is 18.6. The highest BCUT2D eigenvalue weighted by Gasteiger charge is 2.37. The quantitative estimate of drug-likeness (QED) is 0.437. The first-order valence-electron chi connectivity index (χ1n) is 13.3. The lowest BCUT2D eigenvalue weighted by molar-refractivity contribution is -0.671. The van der Waals surface area contributed by atoms with Crippen LogP contribution in [-0.2, 0) is 23.6 Å². The van der Waals surface area contributed by atoms with Crippen LogP contribution in [0.2, 0.25) is 5.02 Å². The van der Waals surface area contributed by atoms with Gasteiger partial charge in [-0.05, 0) is 67.3 Å².